The van der Waals surface area contributed by atoms with Crippen molar-refractivity contribution in [1.82, 2.24) is 4.90 Å². The Morgan fingerprint density at radius 2 is 1.56 bits per heavy atom. The molecule has 6 nitrogen and oxygen atoms in total. The predicted octanol–water partition coefficient (Wildman–Crippen LogP) is 7.30. The summed E-state index contributed by atoms with van der Waals surface area (Å²) in [6, 6.07) is 9.21. The Morgan fingerprint density at radius 3 is 2.03 bits per heavy atom. The van der Waals surface area contributed by atoms with E-state index in [0.717, 1.165) is 5.56 Å². The van der Waals surface area contributed by atoms with Crippen molar-refractivity contribution >= 4 is 22.7 Å². The second-order valence-electron chi connectivity index (χ2n) is 12.8. The summed E-state index contributed by atoms with van der Waals surface area (Å²) in [5.74, 6) is 0. The van der Waals surface area contributed by atoms with E-state index in [2.05, 4.69) is 75.4 Å². The fourth-order valence-electron chi connectivity index (χ4n) is 5.42. The van der Waals surface area contributed by atoms with Gasteiger partial charge in [0.2, 0.25) is 8.32 Å². The second-order valence-corrected chi connectivity index (χ2v) is 23.0. The fraction of sp³-hybridized carbons (Fsp3) is 0.750. The molecule has 1 aliphatic rings. The SMILES string of the molecule is CC(C)[Si](O[C@H]1CC(O)N(C(=O)OCc2ccccc2)[C@H]1CO[Si](C)(C)C(C)(C)C)(C(C)C)C(C)C. The lowest BCUT2D eigenvalue weighted by molar-refractivity contribution is -0.00489. The Hall–Kier alpha value is -1.20. The number of likely N-dealkylation sites (tertiary alicyclic amines) is 1. The number of carbonyl (C=O) groups excluding carboxylic acids is 1. The molecule has 1 unspecified atom stereocenters. The minimum absolute atomic E-state index is 0.0333. The molecule has 1 N–H and O–H groups in total. The van der Waals surface area contributed by atoms with E-state index >= 15 is 0 Å². The van der Waals surface area contributed by atoms with Gasteiger partial charge in [-0.1, -0.05) is 92.6 Å². The van der Waals surface area contributed by atoms with Gasteiger partial charge in [-0.25, -0.2) is 4.79 Å². The number of hydrogen-bond acceptors (Lipinski definition) is 5. The molecule has 0 bridgehead atoms. The second kappa shape index (κ2) is 12.1. The van der Waals surface area contributed by atoms with E-state index in [4.69, 9.17) is 13.6 Å². The molecule has 1 heterocycles. The first-order valence-corrected chi connectivity index (χ1v) is 18.6. The summed E-state index contributed by atoms with van der Waals surface area (Å²) in [4.78, 5) is 14.8. The van der Waals surface area contributed by atoms with Gasteiger partial charge in [-0.3, -0.25) is 4.90 Å². The van der Waals surface area contributed by atoms with Crippen molar-refractivity contribution < 1.29 is 23.5 Å². The normalized spacial score (nSPS) is 21.6. The first-order chi connectivity index (χ1) is 16.5. The van der Waals surface area contributed by atoms with Gasteiger partial charge in [0.1, 0.15) is 12.8 Å². The van der Waals surface area contributed by atoms with E-state index in [0.29, 0.717) is 29.7 Å². The maximum Gasteiger partial charge on any atom is 0.412 e. The van der Waals surface area contributed by atoms with Crippen LogP contribution in [0.3, 0.4) is 0 Å². The molecular formula is C28H51NO5Si2. The maximum absolute atomic E-state index is 13.3. The van der Waals surface area contributed by atoms with Gasteiger partial charge in [-0.2, -0.15) is 0 Å². The molecule has 1 fully saturated rings. The van der Waals surface area contributed by atoms with Crippen LogP contribution in [0.15, 0.2) is 30.3 Å². The smallest absolute Gasteiger partial charge is 0.412 e. The molecule has 1 amide bonds. The average Bonchev–Trinajstić information content (AvgIpc) is 3.08. The number of hydrogen-bond donors (Lipinski definition) is 1. The third-order valence-electron chi connectivity index (χ3n) is 8.45. The largest absolute Gasteiger partial charge is 0.444 e. The Balaban J connectivity index is 2.36. The Kier molecular flexibility index (Phi) is 10.4. The van der Waals surface area contributed by atoms with E-state index in [1.165, 1.54) is 4.90 Å². The number of rotatable bonds is 10. The van der Waals surface area contributed by atoms with Crippen molar-refractivity contribution in [3.8, 4) is 0 Å². The molecular weight excluding hydrogens is 486 g/mol. The molecule has 0 aliphatic carbocycles. The topological polar surface area (TPSA) is 68.2 Å². The Labute approximate surface area is 222 Å². The summed E-state index contributed by atoms with van der Waals surface area (Å²) in [5, 5.41) is 11.1. The van der Waals surface area contributed by atoms with E-state index in [1.807, 2.05) is 30.3 Å². The van der Waals surface area contributed by atoms with Gasteiger partial charge < -0.3 is 18.7 Å². The van der Waals surface area contributed by atoms with Gasteiger partial charge >= 0.3 is 6.09 Å². The van der Waals surface area contributed by atoms with Gasteiger partial charge in [-0.15, -0.1) is 0 Å². The summed E-state index contributed by atoms with van der Waals surface area (Å²) >= 11 is 0. The van der Waals surface area contributed by atoms with Crippen LogP contribution in [0.2, 0.25) is 34.8 Å². The van der Waals surface area contributed by atoms with Crippen LogP contribution in [0, 0.1) is 0 Å². The summed E-state index contributed by atoms with van der Waals surface area (Å²) in [6.45, 7) is 25.1. The monoisotopic (exact) mass is 537 g/mol. The van der Waals surface area contributed by atoms with Gasteiger partial charge in [0.05, 0.1) is 18.8 Å². The molecule has 2 rings (SSSR count). The van der Waals surface area contributed by atoms with Crippen LogP contribution in [0.4, 0.5) is 4.79 Å². The van der Waals surface area contributed by atoms with E-state index in [1.54, 1.807) is 0 Å². The molecule has 0 saturated carbocycles. The number of aliphatic hydroxyl groups is 1. The Bertz CT molecular complexity index is 816. The molecule has 36 heavy (non-hydrogen) atoms. The van der Waals surface area contributed by atoms with Crippen LogP contribution in [-0.4, -0.2) is 57.7 Å². The van der Waals surface area contributed by atoms with Crippen molar-refractivity contribution in [2.75, 3.05) is 6.61 Å². The number of aliphatic hydroxyl groups excluding tert-OH is 1. The van der Waals surface area contributed by atoms with Crippen LogP contribution >= 0.6 is 0 Å². The molecule has 1 aromatic carbocycles. The number of nitrogens with zero attached hydrogens (tertiary/aromatic N) is 1. The number of amides is 1. The molecule has 206 valence electrons. The van der Waals surface area contributed by atoms with E-state index in [-0.39, 0.29) is 17.7 Å². The zero-order chi connectivity index (χ0) is 27.5. The van der Waals surface area contributed by atoms with E-state index < -0.39 is 35.0 Å². The Morgan fingerprint density at radius 1 is 1.03 bits per heavy atom. The summed E-state index contributed by atoms with van der Waals surface area (Å²) < 4.78 is 19.4. The highest BCUT2D eigenvalue weighted by Crippen LogP contribution is 2.45. The van der Waals surface area contributed by atoms with Crippen molar-refractivity contribution in [1.29, 1.82) is 0 Å². The molecule has 1 aliphatic heterocycles. The average molecular weight is 538 g/mol. The molecule has 0 aromatic heterocycles. The van der Waals surface area contributed by atoms with Crippen LogP contribution < -0.4 is 0 Å². The molecule has 3 atom stereocenters. The lowest BCUT2D eigenvalue weighted by Gasteiger charge is -2.45. The highest BCUT2D eigenvalue weighted by Gasteiger charge is 2.53. The number of benzene rings is 1. The van der Waals surface area contributed by atoms with E-state index in [9.17, 15) is 9.90 Å². The van der Waals surface area contributed by atoms with Crippen molar-refractivity contribution in [3.63, 3.8) is 0 Å². The van der Waals surface area contributed by atoms with Crippen LogP contribution in [-0.2, 0) is 20.2 Å². The summed E-state index contributed by atoms with van der Waals surface area (Å²) in [7, 11) is -4.33. The zero-order valence-electron chi connectivity index (χ0n) is 24.5. The van der Waals surface area contributed by atoms with Crippen LogP contribution in [0.1, 0.15) is 74.3 Å². The minimum atomic E-state index is -2.25. The lowest BCUT2D eigenvalue weighted by Crippen LogP contribution is -2.55. The van der Waals surface area contributed by atoms with Crippen molar-refractivity contribution in [2.24, 2.45) is 0 Å². The first-order valence-electron chi connectivity index (χ1n) is 13.5. The summed E-state index contributed by atoms with van der Waals surface area (Å²) in [5.41, 5.74) is 2.11. The number of ether oxygens (including phenoxy) is 1. The third-order valence-corrected chi connectivity index (χ3v) is 19.1. The van der Waals surface area contributed by atoms with Crippen LogP contribution in [0.5, 0.6) is 0 Å². The first kappa shape index (κ1) is 31.0. The number of carbonyl (C=O) groups is 1. The third kappa shape index (κ3) is 6.81. The van der Waals surface area contributed by atoms with Crippen molar-refractivity contribution in [3.05, 3.63) is 35.9 Å². The van der Waals surface area contributed by atoms with Gasteiger partial charge in [0, 0.05) is 6.42 Å². The standard InChI is InChI=1S/C28H51NO5Si2/c1-20(2)36(21(3)4,22(5)6)34-25-17-26(30)29(24(25)19-33-35(10,11)28(7,8)9)27(31)32-18-23-15-13-12-14-16-23/h12-16,20-22,24-26,30H,17-19H2,1-11H3/t24-,25-,26?/m0/s1. The quantitative estimate of drug-likeness (QED) is 0.317. The minimum Gasteiger partial charge on any atom is -0.444 e. The fourth-order valence-corrected chi connectivity index (χ4v) is 12.0. The molecule has 1 aromatic rings. The lowest BCUT2D eigenvalue weighted by atomic mass is 10.2. The molecule has 0 radical (unpaired) electrons. The molecule has 0 spiro atoms. The van der Waals surface area contributed by atoms with Gasteiger partial charge in [0.15, 0.2) is 8.32 Å². The predicted molar refractivity (Wildman–Crippen MR) is 152 cm³/mol. The summed E-state index contributed by atoms with van der Waals surface area (Å²) in [6.07, 6.45) is -1.42. The van der Waals surface area contributed by atoms with Crippen molar-refractivity contribution in [2.45, 2.75) is 128 Å². The molecule has 8 heteroatoms. The highest BCUT2D eigenvalue weighted by molar-refractivity contribution is 6.77. The van der Waals surface area contributed by atoms with Crippen LogP contribution in [0.25, 0.3) is 0 Å². The van der Waals surface area contributed by atoms with Gasteiger partial charge in [-0.05, 0) is 40.3 Å². The molecule has 1 saturated heterocycles. The highest BCUT2D eigenvalue weighted by atomic mass is 28.4. The zero-order valence-corrected chi connectivity index (χ0v) is 26.5. The van der Waals surface area contributed by atoms with Gasteiger partial charge in [0.25, 0.3) is 0 Å². The maximum atomic E-state index is 13.3.